The van der Waals surface area contributed by atoms with E-state index in [1.807, 2.05) is 0 Å². The molecule has 98 valence electrons. The molecule has 1 fully saturated rings. The molecule has 1 saturated carbocycles. The molecule has 0 aliphatic heterocycles. The minimum Gasteiger partial charge on any atom is -0.331 e. The third-order valence-electron chi connectivity index (χ3n) is 4.41. The van der Waals surface area contributed by atoms with E-state index in [1.54, 1.807) is 21.3 Å². The molecule has 2 aliphatic carbocycles. The smallest absolute Gasteiger partial charge is 0.281 e. The minimum atomic E-state index is -0.805. The van der Waals surface area contributed by atoms with Crippen molar-refractivity contribution in [2.75, 3.05) is 21.3 Å². The first-order valence-corrected chi connectivity index (χ1v) is 8.38. The molecule has 0 spiro atoms. The highest BCUT2D eigenvalue weighted by Crippen LogP contribution is 2.47. The van der Waals surface area contributed by atoms with E-state index in [2.05, 4.69) is 12.2 Å². The summed E-state index contributed by atoms with van der Waals surface area (Å²) in [6, 6.07) is 1.23. The molecule has 0 aromatic heterocycles. The van der Waals surface area contributed by atoms with Gasteiger partial charge in [-0.05, 0) is 30.2 Å². The van der Waals surface area contributed by atoms with Crippen LogP contribution in [0.5, 0.6) is 0 Å². The molecule has 3 atom stereocenters. The van der Waals surface area contributed by atoms with Gasteiger partial charge in [0, 0.05) is 37.3 Å². The Kier molecular flexibility index (Phi) is 4.41. The number of fused-ring (bicyclic) bond motifs is 2. The molecule has 0 saturated heterocycles. The highest BCUT2D eigenvalue weighted by molar-refractivity contribution is 6.37. The SMILES string of the molecule is COC(CC[SiH2]C1CC2C=CC1C2)(OC)OC. The minimum absolute atomic E-state index is 0.0393. The van der Waals surface area contributed by atoms with Crippen LogP contribution in [-0.2, 0) is 14.2 Å². The molecular formula is C13H24O3Si. The molecule has 0 radical (unpaired) electrons. The van der Waals surface area contributed by atoms with Crippen LogP contribution in [0, 0.1) is 11.8 Å². The average Bonchev–Trinajstić information content (AvgIpc) is 2.97. The van der Waals surface area contributed by atoms with Crippen molar-refractivity contribution in [1.29, 1.82) is 0 Å². The van der Waals surface area contributed by atoms with Gasteiger partial charge in [-0.25, -0.2) is 0 Å². The standard InChI is InChI=1S/C13H24O3Si/c1-14-13(15-2,16-3)6-7-17-12-9-10-4-5-11(12)8-10/h4-5,10-12H,6-9,17H2,1-3H3. The van der Waals surface area contributed by atoms with Crippen molar-refractivity contribution in [3.8, 4) is 0 Å². The van der Waals surface area contributed by atoms with Gasteiger partial charge in [0.2, 0.25) is 0 Å². The Hall–Kier alpha value is -0.163. The second-order valence-electron chi connectivity index (χ2n) is 5.23. The van der Waals surface area contributed by atoms with Crippen molar-refractivity contribution in [3.63, 3.8) is 0 Å². The predicted molar refractivity (Wildman–Crippen MR) is 70.8 cm³/mol. The molecule has 3 nitrogen and oxygen atoms in total. The van der Waals surface area contributed by atoms with Gasteiger partial charge in [-0.2, -0.15) is 0 Å². The van der Waals surface area contributed by atoms with E-state index < -0.39 is 5.97 Å². The number of ether oxygens (including phenoxy) is 3. The van der Waals surface area contributed by atoms with Crippen LogP contribution in [0.25, 0.3) is 0 Å². The van der Waals surface area contributed by atoms with Gasteiger partial charge >= 0.3 is 0 Å². The lowest BCUT2D eigenvalue weighted by Gasteiger charge is -2.29. The highest BCUT2D eigenvalue weighted by Gasteiger charge is 2.36. The summed E-state index contributed by atoms with van der Waals surface area (Å²) >= 11 is 0. The van der Waals surface area contributed by atoms with Gasteiger partial charge in [0.05, 0.1) is 0 Å². The monoisotopic (exact) mass is 256 g/mol. The molecule has 4 heteroatoms. The zero-order chi connectivity index (χ0) is 12.3. The molecule has 0 aromatic carbocycles. The van der Waals surface area contributed by atoms with Gasteiger partial charge < -0.3 is 14.2 Å². The van der Waals surface area contributed by atoms with E-state index >= 15 is 0 Å². The van der Waals surface area contributed by atoms with Crippen molar-refractivity contribution in [2.24, 2.45) is 11.8 Å². The molecule has 0 heterocycles. The van der Waals surface area contributed by atoms with Gasteiger partial charge in [0.15, 0.2) is 0 Å². The summed E-state index contributed by atoms with van der Waals surface area (Å²) in [6.45, 7) is 0. The Morgan fingerprint density at radius 1 is 1.12 bits per heavy atom. The fourth-order valence-corrected chi connectivity index (χ4v) is 5.97. The lowest BCUT2D eigenvalue weighted by atomic mass is 10.1. The normalized spacial score (nSPS) is 32.1. The van der Waals surface area contributed by atoms with Crippen LogP contribution in [0.1, 0.15) is 19.3 Å². The van der Waals surface area contributed by atoms with Crippen LogP contribution in [0.2, 0.25) is 11.6 Å². The number of methoxy groups -OCH3 is 3. The lowest BCUT2D eigenvalue weighted by Crippen LogP contribution is -2.36. The van der Waals surface area contributed by atoms with Crippen LogP contribution in [0.3, 0.4) is 0 Å². The van der Waals surface area contributed by atoms with E-state index in [0.29, 0.717) is 0 Å². The number of hydrogen-bond donors (Lipinski definition) is 0. The summed E-state index contributed by atoms with van der Waals surface area (Å²) in [4.78, 5) is 0. The molecule has 0 aromatic rings. The van der Waals surface area contributed by atoms with Crippen molar-refractivity contribution >= 4 is 9.52 Å². The number of allylic oxidation sites excluding steroid dienone is 2. The molecule has 3 unspecified atom stereocenters. The molecule has 17 heavy (non-hydrogen) atoms. The van der Waals surface area contributed by atoms with E-state index in [4.69, 9.17) is 14.2 Å². The first kappa shape index (κ1) is 13.3. The van der Waals surface area contributed by atoms with E-state index in [-0.39, 0.29) is 9.52 Å². The summed E-state index contributed by atoms with van der Waals surface area (Å²) in [7, 11) is 4.90. The zero-order valence-corrected chi connectivity index (χ0v) is 12.6. The quantitative estimate of drug-likeness (QED) is 0.396. The molecule has 0 amide bonds. The first-order chi connectivity index (χ1) is 8.23. The predicted octanol–water partition coefficient (Wildman–Crippen LogP) is 1.94. The first-order valence-electron chi connectivity index (χ1n) is 6.57. The fraction of sp³-hybridized carbons (Fsp3) is 0.846. The van der Waals surface area contributed by atoms with Gasteiger partial charge in [0.1, 0.15) is 0 Å². The van der Waals surface area contributed by atoms with Crippen molar-refractivity contribution in [1.82, 2.24) is 0 Å². The maximum Gasteiger partial charge on any atom is 0.281 e. The fourth-order valence-electron chi connectivity index (χ4n) is 3.36. The van der Waals surface area contributed by atoms with Crippen molar-refractivity contribution < 1.29 is 14.2 Å². The van der Waals surface area contributed by atoms with Crippen LogP contribution >= 0.6 is 0 Å². The molecular weight excluding hydrogens is 232 g/mol. The lowest BCUT2D eigenvalue weighted by molar-refractivity contribution is -0.352. The van der Waals surface area contributed by atoms with Gasteiger partial charge in [-0.1, -0.05) is 18.2 Å². The van der Waals surface area contributed by atoms with E-state index in [1.165, 1.54) is 18.9 Å². The summed E-state index contributed by atoms with van der Waals surface area (Å²) in [5, 5.41) is 0. The molecule has 2 rings (SSSR count). The molecule has 2 bridgehead atoms. The third-order valence-corrected chi connectivity index (χ3v) is 6.85. The highest BCUT2D eigenvalue weighted by atomic mass is 28.2. The molecule has 2 aliphatic rings. The second-order valence-corrected chi connectivity index (χ2v) is 7.56. The Labute approximate surface area is 106 Å². The van der Waals surface area contributed by atoms with E-state index in [0.717, 1.165) is 23.8 Å². The van der Waals surface area contributed by atoms with Gasteiger partial charge in [0.25, 0.3) is 5.97 Å². The van der Waals surface area contributed by atoms with Gasteiger partial charge in [-0.15, -0.1) is 0 Å². The van der Waals surface area contributed by atoms with Crippen LogP contribution in [-0.4, -0.2) is 36.8 Å². The Balaban J connectivity index is 1.74. The third kappa shape index (κ3) is 2.81. The largest absolute Gasteiger partial charge is 0.331 e. The Morgan fingerprint density at radius 3 is 2.29 bits per heavy atom. The number of rotatable bonds is 7. The van der Waals surface area contributed by atoms with Crippen molar-refractivity contribution in [3.05, 3.63) is 12.2 Å². The topological polar surface area (TPSA) is 27.7 Å². The van der Waals surface area contributed by atoms with Crippen LogP contribution in [0.4, 0.5) is 0 Å². The van der Waals surface area contributed by atoms with Crippen molar-refractivity contribution in [2.45, 2.75) is 36.8 Å². The van der Waals surface area contributed by atoms with Crippen LogP contribution < -0.4 is 0 Å². The van der Waals surface area contributed by atoms with E-state index in [9.17, 15) is 0 Å². The summed E-state index contributed by atoms with van der Waals surface area (Å²) in [5.74, 6) is 0.990. The Bertz CT molecular complexity index is 268. The summed E-state index contributed by atoms with van der Waals surface area (Å²) < 4.78 is 16.0. The van der Waals surface area contributed by atoms with Gasteiger partial charge in [-0.3, -0.25) is 0 Å². The second kappa shape index (κ2) is 5.65. The zero-order valence-electron chi connectivity index (χ0n) is 11.1. The van der Waals surface area contributed by atoms with Crippen LogP contribution in [0.15, 0.2) is 12.2 Å². The maximum absolute atomic E-state index is 5.33. The Morgan fingerprint density at radius 2 is 1.82 bits per heavy atom. The average molecular weight is 256 g/mol. The number of hydrogen-bond acceptors (Lipinski definition) is 3. The summed E-state index contributed by atoms with van der Waals surface area (Å²) in [6.07, 6.45) is 8.58. The summed E-state index contributed by atoms with van der Waals surface area (Å²) in [5.41, 5.74) is 1.01. The molecule has 0 N–H and O–H groups in total. The maximum atomic E-state index is 5.33.